The van der Waals surface area contributed by atoms with E-state index in [0.29, 0.717) is 42.3 Å². The van der Waals surface area contributed by atoms with E-state index in [-0.39, 0.29) is 23.2 Å². The maximum absolute atomic E-state index is 11.1. The molecule has 2 aromatic rings. The lowest BCUT2D eigenvalue weighted by Gasteiger charge is -2.17. The van der Waals surface area contributed by atoms with E-state index in [1.54, 1.807) is 25.1 Å². The van der Waals surface area contributed by atoms with Gasteiger partial charge < -0.3 is 15.4 Å². The van der Waals surface area contributed by atoms with Crippen LogP contribution in [0.1, 0.15) is 201 Å². The van der Waals surface area contributed by atoms with Crippen molar-refractivity contribution >= 4 is 41.3 Å². The molecular formula is C53H96N2O4S2. The van der Waals surface area contributed by atoms with Gasteiger partial charge in [0.2, 0.25) is 11.8 Å². The first-order valence-corrected chi connectivity index (χ1v) is 25.9. The molecule has 0 radical (unpaired) electrons. The Balaban J connectivity index is -0.000000716. The van der Waals surface area contributed by atoms with Gasteiger partial charge in [-0.1, -0.05) is 163 Å². The fourth-order valence-corrected chi connectivity index (χ4v) is 7.34. The third-order valence-corrected chi connectivity index (χ3v) is 11.4. The summed E-state index contributed by atoms with van der Waals surface area (Å²) < 4.78 is 5.03. The number of esters is 1. The summed E-state index contributed by atoms with van der Waals surface area (Å²) in [6, 6.07) is 18.0. The molecule has 0 aromatic heterocycles. The lowest BCUT2D eigenvalue weighted by molar-refractivity contribution is -0.154. The lowest BCUT2D eigenvalue weighted by atomic mass is 9.97. The first-order valence-electron chi connectivity index (χ1n) is 23.5. The summed E-state index contributed by atoms with van der Waals surface area (Å²) in [7, 11) is 3.56. The fourth-order valence-electron chi connectivity index (χ4n) is 5.19. The molecular weight excluding hydrogens is 793 g/mol. The van der Waals surface area contributed by atoms with Crippen LogP contribution in [0.15, 0.2) is 54.6 Å². The van der Waals surface area contributed by atoms with Crippen LogP contribution in [0, 0.1) is 23.2 Å². The zero-order chi connectivity index (χ0) is 47.2. The number of benzene rings is 2. The van der Waals surface area contributed by atoms with Crippen molar-refractivity contribution in [2.45, 2.75) is 179 Å². The van der Waals surface area contributed by atoms with E-state index in [1.165, 1.54) is 92.8 Å². The smallest absolute Gasteiger partial charge is 0.311 e. The molecule has 0 aliphatic rings. The highest BCUT2D eigenvalue weighted by Gasteiger charge is 2.23. The van der Waals surface area contributed by atoms with Crippen molar-refractivity contribution in [3.8, 4) is 0 Å². The third kappa shape index (κ3) is 42.6. The van der Waals surface area contributed by atoms with Gasteiger partial charge in [-0.2, -0.15) is 23.5 Å². The van der Waals surface area contributed by atoms with Crippen LogP contribution in [0.2, 0.25) is 0 Å². The Hall–Kier alpha value is -2.45. The van der Waals surface area contributed by atoms with Gasteiger partial charge in [-0.15, -0.1) is 0 Å². The molecule has 2 amide bonds. The van der Waals surface area contributed by atoms with Crippen molar-refractivity contribution in [1.29, 1.82) is 0 Å². The van der Waals surface area contributed by atoms with Crippen LogP contribution >= 0.6 is 23.5 Å². The molecule has 0 bridgehead atoms. The maximum atomic E-state index is 11.1. The van der Waals surface area contributed by atoms with E-state index in [9.17, 15) is 14.4 Å². The van der Waals surface area contributed by atoms with Crippen LogP contribution in [-0.4, -0.2) is 66.4 Å². The predicted octanol–water partition coefficient (Wildman–Crippen LogP) is 15.1. The average Bonchev–Trinajstić information content (AvgIpc) is 3.19. The van der Waals surface area contributed by atoms with Crippen molar-refractivity contribution in [1.82, 2.24) is 4.90 Å². The van der Waals surface area contributed by atoms with Crippen LogP contribution < -0.4 is 5.73 Å². The van der Waals surface area contributed by atoms with Crippen molar-refractivity contribution in [3.05, 3.63) is 71.3 Å². The Labute approximate surface area is 386 Å². The number of rotatable bonds is 23. The van der Waals surface area contributed by atoms with Crippen molar-refractivity contribution in [2.24, 2.45) is 28.9 Å². The number of hydrogen-bond acceptors (Lipinski definition) is 6. The van der Waals surface area contributed by atoms with Gasteiger partial charge in [0, 0.05) is 26.1 Å². The van der Waals surface area contributed by atoms with Crippen LogP contribution in [0.3, 0.4) is 0 Å². The second-order valence-corrected chi connectivity index (χ2v) is 21.5. The Morgan fingerprint density at radius 2 is 1.10 bits per heavy atom. The highest BCUT2D eigenvalue weighted by molar-refractivity contribution is 7.99. The lowest BCUT2D eigenvalue weighted by Crippen LogP contribution is -2.24. The van der Waals surface area contributed by atoms with E-state index < -0.39 is 0 Å². The van der Waals surface area contributed by atoms with E-state index in [0.717, 1.165) is 11.5 Å². The molecule has 0 heterocycles. The standard InChI is InChI=1S/C18H38S2.C10H13NO.C9H18O2.C9H12.C7H15NO/c1-4-14-19-15-11-9-7-5-6-8-10-12-16-20-17-13-18(2)3;1-7(2)8-5-3-4-6-9(8)10(11)12;1-7(2)6-11-8(10)9(3,4)5;1-8(2)9-6-4-3-5-7-9;1-6(2)5-7(9)8(3)4/h18H,4-17H2,1-3H3;3-7H,1-2H3,(H2,11,12);7H,6H2,1-5H3;3-8H,1-2H3;6H,5H2,1-4H3. The SMILES string of the molecule is CC(C)CC(=O)N(C)C.CC(C)COC(=O)C(C)(C)C.CC(C)c1ccccc1.CC(C)c1ccccc1C(N)=O.CCCSCCCCCCCCCCSCCC(C)C. The molecule has 354 valence electrons. The first kappa shape index (κ1) is 62.8. The highest BCUT2D eigenvalue weighted by Crippen LogP contribution is 2.19. The van der Waals surface area contributed by atoms with Gasteiger partial charge in [0.15, 0.2) is 0 Å². The van der Waals surface area contributed by atoms with Gasteiger partial charge in [-0.25, -0.2) is 0 Å². The molecule has 6 nitrogen and oxygen atoms in total. The fraction of sp³-hybridized carbons (Fsp3) is 0.717. The van der Waals surface area contributed by atoms with Gasteiger partial charge in [-0.3, -0.25) is 14.4 Å². The number of ether oxygens (including phenoxy) is 1. The van der Waals surface area contributed by atoms with Crippen LogP contribution in [0.25, 0.3) is 0 Å². The maximum Gasteiger partial charge on any atom is 0.311 e. The summed E-state index contributed by atoms with van der Waals surface area (Å²) in [6.07, 6.45) is 15.1. The molecule has 61 heavy (non-hydrogen) atoms. The molecule has 2 N–H and O–H groups in total. The normalized spacial score (nSPS) is 10.8. The second kappa shape index (κ2) is 40.3. The molecule has 8 heteroatoms. The molecule has 2 rings (SSSR count). The number of carbonyl (C=O) groups excluding carboxylic acids is 3. The van der Waals surface area contributed by atoms with Gasteiger partial charge >= 0.3 is 5.97 Å². The Morgan fingerprint density at radius 3 is 1.44 bits per heavy atom. The van der Waals surface area contributed by atoms with E-state index in [2.05, 4.69) is 82.4 Å². The topological polar surface area (TPSA) is 89.7 Å². The van der Waals surface area contributed by atoms with Crippen molar-refractivity contribution in [3.63, 3.8) is 0 Å². The summed E-state index contributed by atoms with van der Waals surface area (Å²) in [6.45, 7) is 29.6. The Kier molecular flexibility index (Phi) is 41.6. The largest absolute Gasteiger partial charge is 0.465 e. The van der Waals surface area contributed by atoms with E-state index >= 15 is 0 Å². The van der Waals surface area contributed by atoms with Crippen molar-refractivity contribution in [2.75, 3.05) is 43.7 Å². The molecule has 2 aromatic carbocycles. The number of nitrogens with zero attached hydrogens (tertiary/aromatic N) is 1. The first-order chi connectivity index (χ1) is 28.6. The highest BCUT2D eigenvalue weighted by atomic mass is 32.2. The third-order valence-electron chi connectivity index (χ3n) is 9.07. The zero-order valence-corrected chi connectivity index (χ0v) is 44.0. The molecule has 0 atom stereocenters. The predicted molar refractivity (Wildman–Crippen MR) is 274 cm³/mol. The van der Waals surface area contributed by atoms with E-state index in [4.69, 9.17) is 10.5 Å². The number of hydrogen-bond donors (Lipinski definition) is 1. The molecule has 0 unspecified atom stereocenters. The summed E-state index contributed by atoms with van der Waals surface area (Å²) in [4.78, 5) is 34.6. The number of primary amides is 1. The molecule has 0 fully saturated rings. The monoisotopic (exact) mass is 889 g/mol. The Morgan fingerprint density at radius 1 is 0.623 bits per heavy atom. The van der Waals surface area contributed by atoms with Crippen LogP contribution in [0.5, 0.6) is 0 Å². The van der Waals surface area contributed by atoms with Gasteiger partial charge in [-0.05, 0) is 116 Å². The molecule has 0 saturated heterocycles. The van der Waals surface area contributed by atoms with Gasteiger partial charge in [0.25, 0.3) is 0 Å². The van der Waals surface area contributed by atoms with Crippen LogP contribution in [-0.2, 0) is 14.3 Å². The molecule has 0 saturated carbocycles. The minimum Gasteiger partial charge on any atom is -0.465 e. The molecule has 0 aliphatic carbocycles. The molecule has 0 aliphatic heterocycles. The average molecular weight is 889 g/mol. The molecule has 0 spiro atoms. The van der Waals surface area contributed by atoms with Gasteiger partial charge in [0.1, 0.15) is 0 Å². The quantitative estimate of drug-likeness (QED) is 0.0883. The summed E-state index contributed by atoms with van der Waals surface area (Å²) >= 11 is 4.29. The number of carbonyl (C=O) groups is 3. The minimum absolute atomic E-state index is 0.119. The van der Waals surface area contributed by atoms with Crippen molar-refractivity contribution < 1.29 is 19.1 Å². The van der Waals surface area contributed by atoms with Crippen LogP contribution in [0.4, 0.5) is 0 Å². The number of nitrogens with two attached hydrogens (primary N) is 1. The summed E-state index contributed by atoms with van der Waals surface area (Å²) in [5.41, 5.74) is 7.91. The second-order valence-electron chi connectivity index (χ2n) is 19.0. The Bertz CT molecular complexity index is 1320. The van der Waals surface area contributed by atoms with E-state index in [1.807, 2.05) is 86.6 Å². The minimum atomic E-state index is -0.366. The zero-order valence-electron chi connectivity index (χ0n) is 42.4. The number of unbranched alkanes of at least 4 members (excludes halogenated alkanes) is 7. The summed E-state index contributed by atoms with van der Waals surface area (Å²) in [5.74, 6) is 8.02. The van der Waals surface area contributed by atoms with Gasteiger partial charge in [0.05, 0.1) is 12.0 Å². The number of amides is 2. The summed E-state index contributed by atoms with van der Waals surface area (Å²) in [5, 5.41) is 0. The number of thioether (sulfide) groups is 2.